The van der Waals surface area contributed by atoms with Crippen LogP contribution in [0.25, 0.3) is 0 Å². The fourth-order valence-electron chi connectivity index (χ4n) is 4.65. The summed E-state index contributed by atoms with van der Waals surface area (Å²) in [5.74, 6) is 1.99. The van der Waals surface area contributed by atoms with E-state index in [9.17, 15) is 5.11 Å². The molecule has 0 aliphatic carbocycles. The van der Waals surface area contributed by atoms with Gasteiger partial charge in [0.2, 0.25) is 0 Å². The maximum atomic E-state index is 9.34. The van der Waals surface area contributed by atoms with Crippen LogP contribution in [0, 0.1) is 5.92 Å². The third-order valence-electron chi connectivity index (χ3n) is 6.60. The van der Waals surface area contributed by atoms with Gasteiger partial charge in [0.1, 0.15) is 0 Å². The smallest absolute Gasteiger partial charge is 0.194 e. The lowest BCUT2D eigenvalue weighted by atomic mass is 9.97. The van der Waals surface area contributed by atoms with Crippen molar-refractivity contribution in [2.24, 2.45) is 18.0 Å². The minimum atomic E-state index is 0. The van der Waals surface area contributed by atoms with E-state index in [1.165, 1.54) is 16.8 Å². The Morgan fingerprint density at radius 2 is 1.91 bits per heavy atom. The molecule has 1 aromatic carbocycles. The molecule has 0 radical (unpaired) electrons. The molecule has 2 aromatic rings. The van der Waals surface area contributed by atoms with Crippen molar-refractivity contribution in [3.05, 3.63) is 47.8 Å². The largest absolute Gasteiger partial charge is 0.396 e. The molecule has 8 heteroatoms. The Labute approximate surface area is 208 Å². The highest BCUT2D eigenvalue weighted by molar-refractivity contribution is 14.0. The zero-order valence-electron chi connectivity index (χ0n) is 19.3. The fraction of sp³-hybridized carbons (Fsp3) is 0.583. The Kier molecular flexibility index (Phi) is 9.22. The first-order valence-corrected chi connectivity index (χ1v) is 11.6. The Hall–Kier alpha value is -1.81. The van der Waals surface area contributed by atoms with Gasteiger partial charge in [0.05, 0.1) is 12.7 Å². The van der Waals surface area contributed by atoms with Gasteiger partial charge in [0.15, 0.2) is 5.96 Å². The molecule has 2 aliphatic rings. The average Bonchev–Trinajstić information content (AvgIpc) is 3.46. The highest BCUT2D eigenvalue weighted by Gasteiger charge is 2.27. The van der Waals surface area contributed by atoms with Crippen LogP contribution in [0.2, 0.25) is 0 Å². The summed E-state index contributed by atoms with van der Waals surface area (Å²) in [5, 5.41) is 17.1. The van der Waals surface area contributed by atoms with Crippen molar-refractivity contribution >= 4 is 35.6 Å². The number of aliphatic imine (C=N–C) groups is 1. The van der Waals surface area contributed by atoms with Gasteiger partial charge in [-0.1, -0.05) is 12.1 Å². The lowest BCUT2D eigenvalue weighted by Crippen LogP contribution is -2.40. The summed E-state index contributed by atoms with van der Waals surface area (Å²) in [5.41, 5.74) is 3.82. The van der Waals surface area contributed by atoms with Crippen molar-refractivity contribution in [1.82, 2.24) is 20.0 Å². The van der Waals surface area contributed by atoms with Gasteiger partial charge in [-0.3, -0.25) is 4.68 Å². The van der Waals surface area contributed by atoms with Gasteiger partial charge < -0.3 is 20.2 Å². The summed E-state index contributed by atoms with van der Waals surface area (Å²) in [7, 11) is 1.98. The van der Waals surface area contributed by atoms with Crippen LogP contribution in [-0.4, -0.2) is 65.1 Å². The molecule has 1 unspecified atom stereocenters. The summed E-state index contributed by atoms with van der Waals surface area (Å²) in [4.78, 5) is 9.73. The molecule has 4 rings (SSSR count). The number of nitrogens with zero attached hydrogens (tertiary/aromatic N) is 5. The number of aromatic nitrogens is 2. The minimum Gasteiger partial charge on any atom is -0.396 e. The maximum absolute atomic E-state index is 9.34. The average molecular weight is 553 g/mol. The molecule has 2 saturated heterocycles. The molecule has 2 fully saturated rings. The first kappa shape index (κ1) is 24.8. The van der Waals surface area contributed by atoms with Gasteiger partial charge in [-0.15, -0.1) is 24.0 Å². The van der Waals surface area contributed by atoms with E-state index in [1.54, 1.807) is 0 Å². The number of halogens is 1. The van der Waals surface area contributed by atoms with E-state index >= 15 is 0 Å². The van der Waals surface area contributed by atoms with Crippen molar-refractivity contribution < 1.29 is 5.11 Å². The molecule has 1 aromatic heterocycles. The summed E-state index contributed by atoms with van der Waals surface area (Å²) in [6.45, 7) is 8.06. The van der Waals surface area contributed by atoms with E-state index in [1.807, 2.05) is 17.9 Å². The van der Waals surface area contributed by atoms with Crippen LogP contribution in [0.1, 0.15) is 43.2 Å². The first-order valence-electron chi connectivity index (χ1n) is 11.6. The highest BCUT2D eigenvalue weighted by atomic mass is 127. The van der Waals surface area contributed by atoms with Crippen LogP contribution in [0.4, 0.5) is 5.69 Å². The van der Waals surface area contributed by atoms with Gasteiger partial charge in [0.25, 0.3) is 0 Å². The number of nitrogens with one attached hydrogen (secondary N) is 1. The number of aliphatic hydroxyl groups excluding tert-OH is 1. The van der Waals surface area contributed by atoms with Crippen LogP contribution in [-0.2, 0) is 13.6 Å². The highest BCUT2D eigenvalue weighted by Crippen LogP contribution is 2.27. The predicted octanol–water partition coefficient (Wildman–Crippen LogP) is 3.20. The number of anilines is 1. The molecule has 2 N–H and O–H groups in total. The Balaban J connectivity index is 0.00000289. The Morgan fingerprint density at radius 1 is 1.16 bits per heavy atom. The molecule has 1 atom stereocenters. The molecule has 2 aliphatic heterocycles. The second kappa shape index (κ2) is 11.9. The van der Waals surface area contributed by atoms with Crippen LogP contribution < -0.4 is 10.2 Å². The number of likely N-dealkylation sites (tertiary alicyclic amines) is 1. The molecule has 176 valence electrons. The number of piperidine rings is 1. The topological polar surface area (TPSA) is 68.9 Å². The van der Waals surface area contributed by atoms with Crippen LogP contribution in [0.3, 0.4) is 0 Å². The quantitative estimate of drug-likeness (QED) is 0.328. The molecule has 7 nitrogen and oxygen atoms in total. The van der Waals surface area contributed by atoms with Crippen molar-refractivity contribution in [3.63, 3.8) is 0 Å². The van der Waals surface area contributed by atoms with E-state index in [0.717, 1.165) is 57.9 Å². The van der Waals surface area contributed by atoms with Gasteiger partial charge in [-0.25, -0.2) is 4.99 Å². The number of aliphatic hydroxyl groups is 1. The second-order valence-electron chi connectivity index (χ2n) is 8.83. The molecule has 0 amide bonds. The van der Waals surface area contributed by atoms with Crippen molar-refractivity contribution in [2.75, 3.05) is 44.2 Å². The Morgan fingerprint density at radius 3 is 2.53 bits per heavy atom. The van der Waals surface area contributed by atoms with Crippen LogP contribution >= 0.6 is 24.0 Å². The van der Waals surface area contributed by atoms with Crippen molar-refractivity contribution in [3.8, 4) is 0 Å². The third kappa shape index (κ3) is 6.15. The van der Waals surface area contributed by atoms with Gasteiger partial charge in [-0.05, 0) is 55.4 Å². The maximum Gasteiger partial charge on any atom is 0.194 e. The minimum absolute atomic E-state index is 0. The predicted molar refractivity (Wildman–Crippen MR) is 141 cm³/mol. The lowest BCUT2D eigenvalue weighted by molar-refractivity contribution is 0.203. The number of hydrogen-bond acceptors (Lipinski definition) is 4. The number of guanidine groups is 1. The summed E-state index contributed by atoms with van der Waals surface area (Å²) >= 11 is 0. The zero-order valence-corrected chi connectivity index (χ0v) is 21.6. The fourth-order valence-corrected chi connectivity index (χ4v) is 4.65. The van der Waals surface area contributed by atoms with E-state index in [0.29, 0.717) is 25.0 Å². The number of aryl methyl sites for hydroxylation is 1. The first-order chi connectivity index (χ1) is 15.2. The van der Waals surface area contributed by atoms with Crippen LogP contribution in [0.5, 0.6) is 0 Å². The number of benzene rings is 1. The van der Waals surface area contributed by atoms with E-state index in [-0.39, 0.29) is 24.0 Å². The van der Waals surface area contributed by atoms with Gasteiger partial charge >= 0.3 is 0 Å². The molecular weight excluding hydrogens is 515 g/mol. The van der Waals surface area contributed by atoms with Crippen molar-refractivity contribution in [2.45, 2.75) is 38.6 Å². The van der Waals surface area contributed by atoms with Gasteiger partial charge in [0, 0.05) is 64.2 Å². The molecule has 0 saturated carbocycles. The molecule has 0 spiro atoms. The van der Waals surface area contributed by atoms with Crippen molar-refractivity contribution in [1.29, 1.82) is 0 Å². The Bertz CT molecular complexity index is 860. The van der Waals surface area contributed by atoms with E-state index < -0.39 is 0 Å². The molecular formula is C24H37IN6O. The monoisotopic (exact) mass is 552 g/mol. The van der Waals surface area contributed by atoms with Crippen LogP contribution in [0.15, 0.2) is 41.7 Å². The molecule has 3 heterocycles. The number of rotatable bonds is 6. The van der Waals surface area contributed by atoms with Gasteiger partial charge in [-0.2, -0.15) is 5.10 Å². The van der Waals surface area contributed by atoms with E-state index in [2.05, 4.69) is 57.6 Å². The summed E-state index contributed by atoms with van der Waals surface area (Å²) in [6.07, 6.45) is 7.41. The standard InChI is InChI=1S/C24H36N6O.HI/c1-3-25-24(30-13-10-21(17-30)22-15-27-28(2)16-22)26-14-19-4-6-23(7-5-19)29-11-8-20(18-31)9-12-29;/h4-7,15-16,20-21,31H,3,8-14,17-18H2,1-2H3,(H,25,26);1H. The third-order valence-corrected chi connectivity index (χ3v) is 6.60. The van der Waals surface area contributed by atoms with E-state index in [4.69, 9.17) is 4.99 Å². The normalized spacial score (nSPS) is 19.8. The lowest BCUT2D eigenvalue weighted by Gasteiger charge is -2.32. The zero-order chi connectivity index (χ0) is 21.6. The molecule has 0 bridgehead atoms. The molecule has 32 heavy (non-hydrogen) atoms. The summed E-state index contributed by atoms with van der Waals surface area (Å²) < 4.78 is 1.88. The summed E-state index contributed by atoms with van der Waals surface area (Å²) in [6, 6.07) is 8.82. The number of hydrogen-bond donors (Lipinski definition) is 2. The second-order valence-corrected chi connectivity index (χ2v) is 8.83. The SMILES string of the molecule is CCNC(=NCc1ccc(N2CCC(CO)CC2)cc1)N1CCC(c2cnn(C)c2)C1.I.